The molecule has 0 aromatic heterocycles. The summed E-state index contributed by atoms with van der Waals surface area (Å²) in [5.41, 5.74) is 0. The van der Waals surface area contributed by atoms with E-state index in [4.69, 9.17) is 10.5 Å². The molecule has 0 aliphatic carbocycles. The Kier molecular flexibility index (Phi) is 5.48. The van der Waals surface area contributed by atoms with Gasteiger partial charge in [-0.3, -0.25) is 0 Å². The molecule has 0 amide bonds. The first kappa shape index (κ1) is 8.98. The third-order valence-corrected chi connectivity index (χ3v) is 1.20. The van der Waals surface area contributed by atoms with Crippen LogP contribution in [0.1, 0.15) is 25.7 Å². The Bertz CT molecular complexity index is 136. The zero-order valence-corrected chi connectivity index (χ0v) is 5.93. The van der Waals surface area contributed by atoms with Gasteiger partial charge in [-0.15, -0.1) is 0 Å². The molecule has 2 heteroatoms. The quantitative estimate of drug-likeness (QED) is 0.552. The summed E-state index contributed by atoms with van der Waals surface area (Å²) in [6, 6.07) is 3.69. The summed E-state index contributed by atoms with van der Waals surface area (Å²) >= 11 is 0. The van der Waals surface area contributed by atoms with Gasteiger partial charge in [-0.05, 0) is 6.42 Å². The molecule has 0 spiro atoms. The van der Waals surface area contributed by atoms with Crippen LogP contribution in [0.3, 0.4) is 0 Å². The van der Waals surface area contributed by atoms with Gasteiger partial charge in [-0.2, -0.15) is 10.5 Å². The molecule has 0 saturated carbocycles. The van der Waals surface area contributed by atoms with Crippen LogP contribution in [-0.2, 0) is 0 Å². The van der Waals surface area contributed by atoms with E-state index in [9.17, 15) is 0 Å². The molecule has 0 unspecified atom stereocenters. The van der Waals surface area contributed by atoms with Gasteiger partial charge in [0.05, 0.1) is 12.1 Å². The van der Waals surface area contributed by atoms with E-state index in [0.29, 0.717) is 12.3 Å². The molecule has 52 valence electrons. The first-order chi connectivity index (χ1) is 4.85. The van der Waals surface area contributed by atoms with Crippen molar-refractivity contribution in [3.63, 3.8) is 0 Å². The molecular weight excluding hydrogens is 124 g/mol. The van der Waals surface area contributed by atoms with E-state index < -0.39 is 0 Å². The highest BCUT2D eigenvalue weighted by atomic mass is 14.3. The van der Waals surface area contributed by atoms with Crippen LogP contribution < -0.4 is 0 Å². The van der Waals surface area contributed by atoms with Crippen molar-refractivity contribution in [2.24, 2.45) is 0 Å². The summed E-state index contributed by atoms with van der Waals surface area (Å²) in [4.78, 5) is 0. The predicted octanol–water partition coefficient (Wildman–Crippen LogP) is 2.00. The molecule has 0 N–H and O–H groups in total. The van der Waals surface area contributed by atoms with E-state index >= 15 is 0 Å². The Hall–Kier alpha value is -1.02. The fraction of sp³-hybridized carbons (Fsp3) is 0.500. The smallest absolute Gasteiger partial charge is 0.175 e. The number of unbranched alkanes of at least 4 members (excludes halogenated alkanes) is 2. The molecular formula is C8H10N2. The molecule has 0 bridgehead atoms. The van der Waals surface area contributed by atoms with Crippen molar-refractivity contribution in [2.75, 3.05) is 0 Å². The lowest BCUT2D eigenvalue weighted by Gasteiger charge is -1.95. The minimum atomic E-state index is 0.327. The minimum absolute atomic E-state index is 0.327. The minimum Gasteiger partial charge on any atom is -0.196 e. The third-order valence-electron chi connectivity index (χ3n) is 1.20. The summed E-state index contributed by atoms with van der Waals surface area (Å²) in [6.07, 6.45) is 3.39. The third kappa shape index (κ3) is 3.92. The van der Waals surface area contributed by atoms with Crippen molar-refractivity contribution < 1.29 is 0 Å². The molecule has 0 fully saturated rings. The molecule has 0 saturated heterocycles. The van der Waals surface area contributed by atoms with Gasteiger partial charge in [0.2, 0.25) is 0 Å². The Morgan fingerprint density at radius 3 is 2.20 bits per heavy atom. The van der Waals surface area contributed by atoms with Crippen LogP contribution in [0.25, 0.3) is 0 Å². The fourth-order valence-electron chi connectivity index (χ4n) is 0.615. The van der Waals surface area contributed by atoms with Crippen molar-refractivity contribution in [3.05, 3.63) is 12.8 Å². The van der Waals surface area contributed by atoms with Gasteiger partial charge < -0.3 is 0 Å². The Balaban J connectivity index is 3.31. The van der Waals surface area contributed by atoms with Gasteiger partial charge >= 0.3 is 0 Å². The molecule has 0 aromatic rings. The zero-order chi connectivity index (χ0) is 7.82. The van der Waals surface area contributed by atoms with Gasteiger partial charge in [-0.1, -0.05) is 26.2 Å². The summed E-state index contributed by atoms with van der Waals surface area (Å²) in [5.74, 6) is 0.327. The van der Waals surface area contributed by atoms with Crippen LogP contribution in [0, 0.1) is 35.5 Å². The van der Waals surface area contributed by atoms with E-state index in [1.54, 1.807) is 0 Å². The maximum absolute atomic E-state index is 8.30. The lowest BCUT2D eigenvalue weighted by atomic mass is 10.0. The summed E-state index contributed by atoms with van der Waals surface area (Å²) in [7, 11) is 0. The average Bonchev–Trinajstić information content (AvgIpc) is 1.99. The topological polar surface area (TPSA) is 47.6 Å². The first-order valence-electron chi connectivity index (χ1n) is 3.30. The van der Waals surface area contributed by atoms with E-state index in [1.165, 1.54) is 0 Å². The monoisotopic (exact) mass is 134 g/mol. The highest BCUT2D eigenvalue weighted by molar-refractivity contribution is 5.25. The van der Waals surface area contributed by atoms with Crippen molar-refractivity contribution in [2.45, 2.75) is 25.7 Å². The largest absolute Gasteiger partial charge is 0.196 e. The van der Waals surface area contributed by atoms with Gasteiger partial charge in [0.15, 0.2) is 5.92 Å². The second-order valence-corrected chi connectivity index (χ2v) is 2.01. The standard InChI is InChI=1S/C8H10N2/c1-2-3-4-5-8(6-9)7-10/h1-5H2. The van der Waals surface area contributed by atoms with Gasteiger partial charge in [0.25, 0.3) is 0 Å². The second kappa shape index (κ2) is 6.11. The molecule has 0 aromatic carbocycles. The molecule has 2 nitrogen and oxygen atoms in total. The maximum Gasteiger partial charge on any atom is 0.175 e. The Labute approximate surface area is 62.1 Å². The highest BCUT2D eigenvalue weighted by Crippen LogP contribution is 2.08. The Morgan fingerprint density at radius 2 is 1.80 bits per heavy atom. The lowest BCUT2D eigenvalue weighted by molar-refractivity contribution is 0.730. The highest BCUT2D eigenvalue weighted by Gasteiger charge is 2.04. The van der Waals surface area contributed by atoms with E-state index in [2.05, 4.69) is 6.92 Å². The molecule has 2 radical (unpaired) electrons. The Morgan fingerprint density at radius 1 is 1.20 bits per heavy atom. The fourth-order valence-corrected chi connectivity index (χ4v) is 0.615. The van der Waals surface area contributed by atoms with Gasteiger partial charge in [0, 0.05) is 0 Å². The summed E-state index contributed by atoms with van der Waals surface area (Å²) in [6.45, 7) is 3.66. The molecule has 0 rings (SSSR count). The maximum atomic E-state index is 8.30. The molecule has 0 aliphatic heterocycles. The number of hydrogen-bond acceptors (Lipinski definition) is 2. The van der Waals surface area contributed by atoms with E-state index in [0.717, 1.165) is 19.3 Å². The van der Waals surface area contributed by atoms with Crippen molar-refractivity contribution in [3.8, 4) is 12.1 Å². The number of nitriles is 2. The number of nitrogens with zero attached hydrogens (tertiary/aromatic N) is 2. The van der Waals surface area contributed by atoms with E-state index in [1.807, 2.05) is 12.1 Å². The van der Waals surface area contributed by atoms with Crippen molar-refractivity contribution in [1.82, 2.24) is 0 Å². The van der Waals surface area contributed by atoms with Crippen LogP contribution in [-0.4, -0.2) is 0 Å². The van der Waals surface area contributed by atoms with Crippen LogP contribution in [0.5, 0.6) is 0 Å². The number of hydrogen-bond donors (Lipinski definition) is 0. The molecule has 0 heterocycles. The van der Waals surface area contributed by atoms with Crippen molar-refractivity contribution >= 4 is 0 Å². The molecule has 10 heavy (non-hydrogen) atoms. The lowest BCUT2D eigenvalue weighted by Crippen LogP contribution is -1.88. The average molecular weight is 134 g/mol. The number of rotatable bonds is 4. The van der Waals surface area contributed by atoms with Gasteiger partial charge in [-0.25, -0.2) is 0 Å². The predicted molar refractivity (Wildman–Crippen MR) is 38.3 cm³/mol. The molecule has 0 aliphatic rings. The van der Waals surface area contributed by atoms with Crippen LogP contribution >= 0.6 is 0 Å². The van der Waals surface area contributed by atoms with Gasteiger partial charge in [0.1, 0.15) is 0 Å². The van der Waals surface area contributed by atoms with Crippen LogP contribution in [0.15, 0.2) is 0 Å². The summed E-state index contributed by atoms with van der Waals surface area (Å²) in [5, 5.41) is 16.6. The van der Waals surface area contributed by atoms with Crippen LogP contribution in [0.4, 0.5) is 0 Å². The first-order valence-corrected chi connectivity index (χ1v) is 3.30. The second-order valence-electron chi connectivity index (χ2n) is 2.01. The molecule has 0 atom stereocenters. The summed E-state index contributed by atoms with van der Waals surface area (Å²) < 4.78 is 0. The van der Waals surface area contributed by atoms with Crippen LogP contribution in [0.2, 0.25) is 0 Å². The normalized spacial score (nSPS) is 8.80. The van der Waals surface area contributed by atoms with E-state index in [-0.39, 0.29) is 0 Å². The SMILES string of the molecule is [CH2]CCCC[C](C#N)C#N. The zero-order valence-electron chi connectivity index (χ0n) is 5.93. The van der Waals surface area contributed by atoms with Crippen molar-refractivity contribution in [1.29, 1.82) is 10.5 Å².